The minimum absolute atomic E-state index is 0.622. The molecule has 0 spiro atoms. The zero-order valence-corrected chi connectivity index (χ0v) is 30.3. The molecule has 0 amide bonds. The van der Waals surface area contributed by atoms with Gasteiger partial charge in [-0.2, -0.15) is 0 Å². The zero-order valence-electron chi connectivity index (χ0n) is 30.3. The van der Waals surface area contributed by atoms with Gasteiger partial charge in [0.25, 0.3) is 0 Å². The molecule has 0 saturated heterocycles. The van der Waals surface area contributed by atoms with Crippen molar-refractivity contribution in [2.75, 3.05) is 0 Å². The molecule has 0 unspecified atom stereocenters. The van der Waals surface area contributed by atoms with Crippen LogP contribution in [0.1, 0.15) is 5.56 Å². The van der Waals surface area contributed by atoms with E-state index in [1.807, 2.05) is 42.6 Å². The second-order valence-corrected chi connectivity index (χ2v) is 13.6. The fourth-order valence-corrected chi connectivity index (χ4v) is 7.20. The molecule has 0 aliphatic carbocycles. The third-order valence-electron chi connectivity index (χ3n) is 9.98. The van der Waals surface area contributed by atoms with E-state index in [2.05, 4.69) is 164 Å². The highest BCUT2D eigenvalue weighted by molar-refractivity contribution is 5.98. The Morgan fingerprint density at radius 3 is 1.29 bits per heavy atom. The Bertz CT molecular complexity index is 2650. The monoisotopic (exact) mass is 704 g/mol. The Kier molecular flexibility index (Phi) is 9.13. The Hall–Kier alpha value is -7.30. The minimum atomic E-state index is 0.622. The smallest absolute Gasteiger partial charge is 0.164 e. The molecule has 9 aromatic rings. The molecule has 0 fully saturated rings. The predicted molar refractivity (Wildman–Crippen MR) is 226 cm³/mol. The van der Waals surface area contributed by atoms with Crippen molar-refractivity contribution in [3.05, 3.63) is 206 Å². The van der Waals surface area contributed by atoms with E-state index in [0.29, 0.717) is 17.5 Å². The Balaban J connectivity index is 1.18. The van der Waals surface area contributed by atoms with Crippen LogP contribution in [0.15, 0.2) is 200 Å². The molecule has 0 saturated carbocycles. The van der Waals surface area contributed by atoms with Crippen molar-refractivity contribution in [2.24, 2.45) is 0 Å². The van der Waals surface area contributed by atoms with Crippen molar-refractivity contribution in [3.63, 3.8) is 0 Å². The molecule has 0 bridgehead atoms. The number of pyridine rings is 1. The van der Waals surface area contributed by atoms with Crippen LogP contribution in [-0.4, -0.2) is 19.9 Å². The van der Waals surface area contributed by atoms with Gasteiger partial charge in [0, 0.05) is 29.1 Å². The van der Waals surface area contributed by atoms with Gasteiger partial charge in [0.2, 0.25) is 0 Å². The molecule has 4 nitrogen and oxygen atoms in total. The highest BCUT2D eigenvalue weighted by Gasteiger charge is 2.19. The molecule has 2 heterocycles. The number of aryl methyl sites for hydroxylation is 1. The molecule has 0 N–H and O–H groups in total. The average molecular weight is 705 g/mol. The van der Waals surface area contributed by atoms with E-state index in [1.165, 1.54) is 27.8 Å². The number of benzene rings is 7. The van der Waals surface area contributed by atoms with Gasteiger partial charge in [0.05, 0.1) is 0 Å². The summed E-state index contributed by atoms with van der Waals surface area (Å²) >= 11 is 0. The van der Waals surface area contributed by atoms with Crippen LogP contribution in [0.5, 0.6) is 0 Å². The van der Waals surface area contributed by atoms with Crippen LogP contribution in [0.2, 0.25) is 0 Å². The summed E-state index contributed by atoms with van der Waals surface area (Å²) in [6.45, 7) is 2.10. The first-order chi connectivity index (χ1) is 27.2. The Morgan fingerprint density at radius 1 is 0.309 bits per heavy atom. The molecule has 55 heavy (non-hydrogen) atoms. The largest absolute Gasteiger partial charge is 0.264 e. The Morgan fingerprint density at radius 2 is 0.764 bits per heavy atom. The lowest BCUT2D eigenvalue weighted by atomic mass is 9.84. The van der Waals surface area contributed by atoms with Crippen molar-refractivity contribution in [1.82, 2.24) is 19.9 Å². The molecule has 0 aliphatic heterocycles. The average Bonchev–Trinajstić information content (AvgIpc) is 3.27. The van der Waals surface area contributed by atoms with Crippen LogP contribution in [-0.2, 0) is 0 Å². The molecule has 2 aromatic heterocycles. The quantitative estimate of drug-likeness (QED) is 0.158. The number of rotatable bonds is 8. The normalized spacial score (nSPS) is 11.0. The van der Waals surface area contributed by atoms with Crippen LogP contribution in [0.4, 0.5) is 0 Å². The van der Waals surface area contributed by atoms with Crippen LogP contribution < -0.4 is 0 Å². The van der Waals surface area contributed by atoms with Gasteiger partial charge in [-0.3, -0.25) is 4.98 Å². The maximum absolute atomic E-state index is 5.11. The summed E-state index contributed by atoms with van der Waals surface area (Å²) in [5.41, 5.74) is 15.4. The maximum Gasteiger partial charge on any atom is 0.164 e. The van der Waals surface area contributed by atoms with E-state index < -0.39 is 0 Å². The van der Waals surface area contributed by atoms with Gasteiger partial charge < -0.3 is 0 Å². The molecule has 0 aliphatic rings. The SMILES string of the molecule is Cc1cc(-c2cccnc2)ccc1-c1nc(-c2ccccc2)nc(-c2ccc(-c3c(-c4ccccc4)cc(-c4ccccc4)cc3-c3ccccc3)cc2)n1. The summed E-state index contributed by atoms with van der Waals surface area (Å²) in [4.78, 5) is 19.5. The minimum Gasteiger partial charge on any atom is -0.264 e. The van der Waals surface area contributed by atoms with Gasteiger partial charge >= 0.3 is 0 Å². The molecule has 4 heteroatoms. The highest BCUT2D eigenvalue weighted by Crippen LogP contribution is 2.43. The van der Waals surface area contributed by atoms with Crippen LogP contribution in [0.3, 0.4) is 0 Å². The summed E-state index contributed by atoms with van der Waals surface area (Å²) in [5, 5.41) is 0. The van der Waals surface area contributed by atoms with Crippen molar-refractivity contribution in [2.45, 2.75) is 6.92 Å². The third-order valence-corrected chi connectivity index (χ3v) is 9.98. The third kappa shape index (κ3) is 6.97. The lowest BCUT2D eigenvalue weighted by Gasteiger charge is -2.19. The summed E-state index contributed by atoms with van der Waals surface area (Å²) in [6.07, 6.45) is 3.68. The van der Waals surface area contributed by atoms with E-state index in [9.17, 15) is 0 Å². The van der Waals surface area contributed by atoms with E-state index in [0.717, 1.165) is 50.1 Å². The molecular formula is C51H36N4. The van der Waals surface area contributed by atoms with Gasteiger partial charge in [-0.1, -0.05) is 170 Å². The summed E-state index contributed by atoms with van der Waals surface area (Å²) < 4.78 is 0. The van der Waals surface area contributed by atoms with Crippen LogP contribution >= 0.6 is 0 Å². The number of aromatic nitrogens is 4. The van der Waals surface area contributed by atoms with Gasteiger partial charge in [0.15, 0.2) is 17.5 Å². The molecule has 0 radical (unpaired) electrons. The van der Waals surface area contributed by atoms with Crippen molar-refractivity contribution in [1.29, 1.82) is 0 Å². The molecular weight excluding hydrogens is 669 g/mol. The molecule has 7 aromatic carbocycles. The number of nitrogens with zero attached hydrogens (tertiary/aromatic N) is 4. The summed E-state index contributed by atoms with van der Waals surface area (Å²) in [6, 6.07) is 65.8. The summed E-state index contributed by atoms with van der Waals surface area (Å²) in [5.74, 6) is 1.89. The van der Waals surface area contributed by atoms with Gasteiger partial charge in [-0.25, -0.2) is 15.0 Å². The fraction of sp³-hybridized carbons (Fsp3) is 0.0196. The van der Waals surface area contributed by atoms with Crippen molar-refractivity contribution in [3.8, 4) is 89.8 Å². The second kappa shape index (κ2) is 15.0. The topological polar surface area (TPSA) is 51.6 Å². The van der Waals surface area contributed by atoms with E-state index in [4.69, 9.17) is 15.0 Å². The number of hydrogen-bond acceptors (Lipinski definition) is 4. The van der Waals surface area contributed by atoms with E-state index >= 15 is 0 Å². The first-order valence-electron chi connectivity index (χ1n) is 18.5. The van der Waals surface area contributed by atoms with Crippen LogP contribution in [0.25, 0.3) is 89.8 Å². The van der Waals surface area contributed by atoms with E-state index in [1.54, 1.807) is 6.20 Å². The molecule has 9 rings (SSSR count). The maximum atomic E-state index is 5.11. The van der Waals surface area contributed by atoms with Crippen molar-refractivity contribution < 1.29 is 0 Å². The van der Waals surface area contributed by atoms with Gasteiger partial charge in [-0.15, -0.1) is 0 Å². The standard InChI is InChI=1S/C51H36N4/c1-35-31-42(43-23-14-30-52-34-43)28-29-45(35)51-54-49(40-21-12-5-13-22-40)53-50(55-51)41-26-24-39(25-27-41)48-46(37-17-8-3-9-18-37)32-44(36-15-6-2-7-16-36)33-47(48)38-19-10-4-11-20-38/h2-34H,1H3. The Labute approximate surface area is 321 Å². The van der Waals surface area contributed by atoms with Crippen molar-refractivity contribution >= 4 is 0 Å². The summed E-state index contributed by atoms with van der Waals surface area (Å²) in [7, 11) is 0. The number of hydrogen-bond donors (Lipinski definition) is 0. The first kappa shape index (κ1) is 33.5. The first-order valence-corrected chi connectivity index (χ1v) is 18.5. The lowest BCUT2D eigenvalue weighted by Crippen LogP contribution is -2.01. The lowest BCUT2D eigenvalue weighted by molar-refractivity contribution is 1.07. The zero-order chi connectivity index (χ0) is 37.0. The molecule has 0 atom stereocenters. The van der Waals surface area contributed by atoms with Gasteiger partial charge in [0.1, 0.15) is 0 Å². The second-order valence-electron chi connectivity index (χ2n) is 13.6. The predicted octanol–water partition coefficient (Wildman–Crippen LogP) is 12.9. The van der Waals surface area contributed by atoms with E-state index in [-0.39, 0.29) is 0 Å². The fourth-order valence-electron chi connectivity index (χ4n) is 7.20. The molecule has 260 valence electrons. The van der Waals surface area contributed by atoms with Crippen LogP contribution in [0, 0.1) is 6.92 Å². The van der Waals surface area contributed by atoms with Gasteiger partial charge in [-0.05, 0) is 86.3 Å². The highest BCUT2D eigenvalue weighted by atomic mass is 15.0.